The maximum absolute atomic E-state index is 5.44. The van der Waals surface area contributed by atoms with E-state index in [9.17, 15) is 0 Å². The highest BCUT2D eigenvalue weighted by atomic mass is 79.9. The summed E-state index contributed by atoms with van der Waals surface area (Å²) in [5.74, 6) is 0.996. The fourth-order valence-electron chi connectivity index (χ4n) is 1.68. The van der Waals surface area contributed by atoms with Gasteiger partial charge in [0.25, 0.3) is 0 Å². The normalized spacial score (nSPS) is 21.7. The van der Waals surface area contributed by atoms with E-state index in [-0.39, 0.29) is 0 Å². The number of hydrogen-bond acceptors (Lipinski definition) is 4. The van der Waals surface area contributed by atoms with Gasteiger partial charge in [0, 0.05) is 23.6 Å². The lowest BCUT2D eigenvalue weighted by Crippen LogP contribution is -2.47. The van der Waals surface area contributed by atoms with Crippen LogP contribution < -0.4 is 4.90 Å². The van der Waals surface area contributed by atoms with Gasteiger partial charge in [0.1, 0.15) is 12.1 Å². The fraction of sp³-hybridized carbons (Fsp3) is 0.600. The molecule has 0 spiro atoms. The molecule has 1 saturated heterocycles. The van der Waals surface area contributed by atoms with Crippen molar-refractivity contribution < 1.29 is 4.74 Å². The number of aryl methyl sites for hydroxylation is 1. The molecule has 1 atom stereocenters. The summed E-state index contributed by atoms with van der Waals surface area (Å²) in [6.45, 7) is 4.41. The minimum absolute atomic E-state index is 0.369. The minimum atomic E-state index is 0.369. The SMILES string of the molecule is Cc1cc(N2CCOCC2CBr)ncn1. The lowest BCUT2D eigenvalue weighted by molar-refractivity contribution is 0.1000. The van der Waals surface area contributed by atoms with Gasteiger partial charge in [-0.1, -0.05) is 15.9 Å². The van der Waals surface area contributed by atoms with E-state index in [1.807, 2.05) is 13.0 Å². The lowest BCUT2D eigenvalue weighted by Gasteiger charge is -2.35. The average molecular weight is 272 g/mol. The molecule has 0 aliphatic carbocycles. The van der Waals surface area contributed by atoms with E-state index >= 15 is 0 Å². The monoisotopic (exact) mass is 271 g/mol. The molecular formula is C10H14BrN3O. The molecule has 0 amide bonds. The van der Waals surface area contributed by atoms with Crippen LogP contribution >= 0.6 is 15.9 Å². The van der Waals surface area contributed by atoms with Crippen molar-refractivity contribution in [2.24, 2.45) is 0 Å². The van der Waals surface area contributed by atoms with Gasteiger partial charge in [0.15, 0.2) is 0 Å². The van der Waals surface area contributed by atoms with Gasteiger partial charge in [-0.15, -0.1) is 0 Å². The Morgan fingerprint density at radius 2 is 2.47 bits per heavy atom. The number of anilines is 1. The summed E-state index contributed by atoms with van der Waals surface area (Å²) in [4.78, 5) is 10.7. The largest absolute Gasteiger partial charge is 0.377 e. The highest BCUT2D eigenvalue weighted by molar-refractivity contribution is 9.09. The molecule has 1 aliphatic rings. The number of halogens is 1. The summed E-state index contributed by atoms with van der Waals surface area (Å²) >= 11 is 3.50. The Hall–Kier alpha value is -0.680. The van der Waals surface area contributed by atoms with Crippen molar-refractivity contribution in [1.29, 1.82) is 0 Å². The maximum atomic E-state index is 5.44. The smallest absolute Gasteiger partial charge is 0.132 e. The molecule has 0 aromatic carbocycles. The van der Waals surface area contributed by atoms with Gasteiger partial charge in [0.2, 0.25) is 0 Å². The molecular weight excluding hydrogens is 258 g/mol. The van der Waals surface area contributed by atoms with Crippen molar-refractivity contribution in [3.63, 3.8) is 0 Å². The van der Waals surface area contributed by atoms with Crippen LogP contribution in [0.1, 0.15) is 5.69 Å². The molecule has 5 heteroatoms. The first kappa shape index (κ1) is 10.8. The van der Waals surface area contributed by atoms with Crippen molar-refractivity contribution >= 4 is 21.7 Å². The molecule has 2 heterocycles. The van der Waals surface area contributed by atoms with Gasteiger partial charge in [-0.2, -0.15) is 0 Å². The second-order valence-electron chi connectivity index (χ2n) is 3.59. The number of rotatable bonds is 2. The van der Waals surface area contributed by atoms with Crippen LogP contribution in [0.5, 0.6) is 0 Å². The number of morpholine rings is 1. The molecule has 1 aromatic heterocycles. The van der Waals surface area contributed by atoms with E-state index < -0.39 is 0 Å². The van der Waals surface area contributed by atoms with Crippen LogP contribution in [0, 0.1) is 6.92 Å². The number of nitrogens with zero attached hydrogens (tertiary/aromatic N) is 3. The zero-order chi connectivity index (χ0) is 10.7. The maximum Gasteiger partial charge on any atom is 0.132 e. The van der Waals surface area contributed by atoms with E-state index in [1.54, 1.807) is 6.33 Å². The van der Waals surface area contributed by atoms with Crippen LogP contribution in [0.2, 0.25) is 0 Å². The topological polar surface area (TPSA) is 38.2 Å². The predicted molar refractivity (Wildman–Crippen MR) is 62.5 cm³/mol. The number of aromatic nitrogens is 2. The Kier molecular flexibility index (Phi) is 3.53. The van der Waals surface area contributed by atoms with E-state index in [1.165, 1.54) is 0 Å². The first-order valence-corrected chi connectivity index (χ1v) is 6.12. The molecule has 0 saturated carbocycles. The molecule has 15 heavy (non-hydrogen) atoms. The van der Waals surface area contributed by atoms with Gasteiger partial charge in [0.05, 0.1) is 19.3 Å². The molecule has 4 nitrogen and oxygen atoms in total. The summed E-state index contributed by atoms with van der Waals surface area (Å²) in [6.07, 6.45) is 1.62. The van der Waals surface area contributed by atoms with E-state index in [0.29, 0.717) is 6.04 Å². The first-order chi connectivity index (χ1) is 7.31. The molecule has 82 valence electrons. The van der Waals surface area contributed by atoms with Crippen molar-refractivity contribution in [1.82, 2.24) is 9.97 Å². The lowest BCUT2D eigenvalue weighted by atomic mass is 10.2. The molecule has 2 rings (SSSR count). The predicted octanol–water partition coefficient (Wildman–Crippen LogP) is 1.39. The van der Waals surface area contributed by atoms with Crippen LogP contribution in [0.3, 0.4) is 0 Å². The van der Waals surface area contributed by atoms with Crippen molar-refractivity contribution in [3.05, 3.63) is 18.1 Å². The Bertz CT molecular complexity index is 334. The molecule has 0 radical (unpaired) electrons. The number of hydrogen-bond donors (Lipinski definition) is 0. The Labute approximate surface area is 97.8 Å². The molecule has 1 aromatic rings. The average Bonchev–Trinajstić information content (AvgIpc) is 2.29. The number of ether oxygens (including phenoxy) is 1. The second-order valence-corrected chi connectivity index (χ2v) is 4.24. The molecule has 1 fully saturated rings. The van der Waals surface area contributed by atoms with Gasteiger partial charge in [-0.25, -0.2) is 9.97 Å². The van der Waals surface area contributed by atoms with Gasteiger partial charge in [-0.05, 0) is 6.92 Å². The third-order valence-electron chi connectivity index (χ3n) is 2.49. The summed E-state index contributed by atoms with van der Waals surface area (Å²) in [5, 5.41) is 0.899. The summed E-state index contributed by atoms with van der Waals surface area (Å²) in [6, 6.07) is 2.38. The van der Waals surface area contributed by atoms with Crippen LogP contribution in [0.4, 0.5) is 5.82 Å². The van der Waals surface area contributed by atoms with Crippen molar-refractivity contribution in [2.45, 2.75) is 13.0 Å². The first-order valence-electron chi connectivity index (χ1n) is 5.00. The summed E-state index contributed by atoms with van der Waals surface area (Å²) < 4.78 is 5.44. The molecule has 1 unspecified atom stereocenters. The fourth-order valence-corrected chi connectivity index (χ4v) is 2.22. The minimum Gasteiger partial charge on any atom is -0.377 e. The van der Waals surface area contributed by atoms with Gasteiger partial charge < -0.3 is 9.64 Å². The van der Waals surface area contributed by atoms with Crippen LogP contribution in [0.15, 0.2) is 12.4 Å². The third-order valence-corrected chi connectivity index (χ3v) is 3.24. The second kappa shape index (κ2) is 4.90. The van der Waals surface area contributed by atoms with Crippen molar-refractivity contribution in [2.75, 3.05) is 30.0 Å². The van der Waals surface area contributed by atoms with E-state index in [0.717, 1.165) is 36.6 Å². The van der Waals surface area contributed by atoms with Crippen LogP contribution in [-0.4, -0.2) is 41.1 Å². The van der Waals surface area contributed by atoms with Gasteiger partial charge in [-0.3, -0.25) is 0 Å². The zero-order valence-electron chi connectivity index (χ0n) is 8.69. The van der Waals surface area contributed by atoms with Crippen LogP contribution in [0.25, 0.3) is 0 Å². The third kappa shape index (κ3) is 2.46. The highest BCUT2D eigenvalue weighted by Crippen LogP contribution is 2.18. The van der Waals surface area contributed by atoms with Crippen molar-refractivity contribution in [3.8, 4) is 0 Å². The standard InChI is InChI=1S/C10H14BrN3O/c1-8-4-10(13-7-12-8)14-2-3-15-6-9(14)5-11/h4,7,9H,2-3,5-6H2,1H3. The Morgan fingerprint density at radius 3 is 3.20 bits per heavy atom. The summed E-state index contributed by atoms with van der Waals surface area (Å²) in [7, 11) is 0. The highest BCUT2D eigenvalue weighted by Gasteiger charge is 2.23. The van der Waals surface area contributed by atoms with Gasteiger partial charge >= 0.3 is 0 Å². The van der Waals surface area contributed by atoms with Crippen LogP contribution in [-0.2, 0) is 4.74 Å². The Balaban J connectivity index is 2.20. The quantitative estimate of drug-likeness (QED) is 0.762. The number of alkyl halides is 1. The van der Waals surface area contributed by atoms with E-state index in [2.05, 4.69) is 30.8 Å². The van der Waals surface area contributed by atoms with E-state index in [4.69, 9.17) is 4.74 Å². The Morgan fingerprint density at radius 1 is 1.60 bits per heavy atom. The molecule has 0 bridgehead atoms. The molecule has 0 N–H and O–H groups in total. The summed E-state index contributed by atoms with van der Waals surface area (Å²) in [5.41, 5.74) is 1.000. The molecule has 1 aliphatic heterocycles. The zero-order valence-corrected chi connectivity index (χ0v) is 10.3.